The van der Waals surface area contributed by atoms with Crippen LogP contribution >= 0.6 is 11.8 Å². The summed E-state index contributed by atoms with van der Waals surface area (Å²) >= 11 is 1.31. The van der Waals surface area contributed by atoms with E-state index in [1.165, 1.54) is 11.8 Å². The van der Waals surface area contributed by atoms with Crippen LogP contribution in [0.3, 0.4) is 0 Å². The number of amides is 1. The van der Waals surface area contributed by atoms with Crippen molar-refractivity contribution in [3.63, 3.8) is 0 Å². The van der Waals surface area contributed by atoms with E-state index >= 15 is 0 Å². The topological polar surface area (TPSA) is 82.1 Å². The standard InChI is InChI=1S/C9H11NO6S/c1-17-6-4-14-10(8(6)12)16-9(13)5-2-3-7(11)15-5/h5-6H,2-4H2,1H3. The van der Waals surface area contributed by atoms with Crippen molar-refractivity contribution in [1.82, 2.24) is 5.23 Å². The SMILES string of the molecule is CSC1CON(OC(=O)C2CCC(=O)O2)C1=O. The van der Waals surface area contributed by atoms with Crippen LogP contribution in [0.15, 0.2) is 0 Å². The predicted octanol–water partition coefficient (Wildman–Crippen LogP) is -0.344. The third kappa shape index (κ3) is 2.52. The Bertz CT molecular complexity index is 359. The normalized spacial score (nSPS) is 28.4. The van der Waals surface area contributed by atoms with Gasteiger partial charge in [-0.05, 0) is 11.5 Å². The van der Waals surface area contributed by atoms with Gasteiger partial charge in [-0.3, -0.25) is 9.59 Å². The molecule has 2 aliphatic rings. The van der Waals surface area contributed by atoms with E-state index in [0.717, 1.165) is 0 Å². The Morgan fingerprint density at radius 1 is 1.53 bits per heavy atom. The Morgan fingerprint density at radius 2 is 2.29 bits per heavy atom. The first-order valence-electron chi connectivity index (χ1n) is 5.03. The van der Waals surface area contributed by atoms with E-state index in [1.807, 2.05) is 0 Å². The van der Waals surface area contributed by atoms with Gasteiger partial charge in [-0.2, -0.15) is 0 Å². The molecule has 2 rings (SSSR count). The molecule has 2 atom stereocenters. The van der Waals surface area contributed by atoms with Gasteiger partial charge in [0.15, 0.2) is 0 Å². The quantitative estimate of drug-likeness (QED) is 0.642. The minimum atomic E-state index is -0.938. The Kier molecular flexibility index (Phi) is 3.53. The molecule has 0 N–H and O–H groups in total. The van der Waals surface area contributed by atoms with Gasteiger partial charge in [0.25, 0.3) is 5.91 Å². The number of rotatable bonds is 3. The fourth-order valence-corrected chi connectivity index (χ4v) is 1.94. The summed E-state index contributed by atoms with van der Waals surface area (Å²) in [4.78, 5) is 43.5. The molecule has 2 aliphatic heterocycles. The molecule has 2 saturated heterocycles. The van der Waals surface area contributed by atoms with Crippen LogP contribution in [0, 0.1) is 0 Å². The van der Waals surface area contributed by atoms with Gasteiger partial charge < -0.3 is 9.57 Å². The van der Waals surface area contributed by atoms with E-state index in [2.05, 4.69) is 0 Å². The van der Waals surface area contributed by atoms with Gasteiger partial charge in [-0.15, -0.1) is 11.8 Å². The lowest BCUT2D eigenvalue weighted by Gasteiger charge is -2.14. The van der Waals surface area contributed by atoms with Gasteiger partial charge in [0.05, 0.1) is 6.61 Å². The third-order valence-corrected chi connectivity index (χ3v) is 3.31. The number of hydrogen-bond donors (Lipinski definition) is 0. The van der Waals surface area contributed by atoms with Crippen molar-refractivity contribution in [3.8, 4) is 0 Å². The van der Waals surface area contributed by atoms with E-state index in [9.17, 15) is 14.4 Å². The molecule has 17 heavy (non-hydrogen) atoms. The molecule has 0 radical (unpaired) electrons. The number of ether oxygens (including phenoxy) is 1. The molecule has 0 spiro atoms. The fraction of sp³-hybridized carbons (Fsp3) is 0.667. The van der Waals surface area contributed by atoms with Crippen LogP contribution in [0.25, 0.3) is 0 Å². The van der Waals surface area contributed by atoms with Gasteiger partial charge in [0.2, 0.25) is 6.10 Å². The number of esters is 1. The Labute approximate surface area is 101 Å². The van der Waals surface area contributed by atoms with E-state index in [1.54, 1.807) is 6.26 Å². The Hall–Kier alpha value is -1.28. The third-order valence-electron chi connectivity index (χ3n) is 2.40. The number of carbonyl (C=O) groups is 3. The number of cyclic esters (lactones) is 1. The highest BCUT2D eigenvalue weighted by atomic mass is 32.2. The molecule has 2 fully saturated rings. The summed E-state index contributed by atoms with van der Waals surface area (Å²) in [6, 6.07) is 0. The first-order valence-corrected chi connectivity index (χ1v) is 6.31. The molecule has 0 aromatic heterocycles. The second kappa shape index (κ2) is 4.92. The maximum atomic E-state index is 11.5. The van der Waals surface area contributed by atoms with Gasteiger partial charge in [0.1, 0.15) is 5.25 Å². The lowest BCUT2D eigenvalue weighted by molar-refractivity contribution is -0.306. The number of hydroxylamine groups is 2. The van der Waals surface area contributed by atoms with Crippen molar-refractivity contribution in [2.24, 2.45) is 0 Å². The molecule has 8 heteroatoms. The molecule has 0 aromatic carbocycles. The first kappa shape index (κ1) is 12.2. The number of carbonyl (C=O) groups excluding carboxylic acids is 3. The predicted molar refractivity (Wildman–Crippen MR) is 55.3 cm³/mol. The van der Waals surface area contributed by atoms with Gasteiger partial charge in [-0.1, -0.05) is 0 Å². The lowest BCUT2D eigenvalue weighted by atomic mass is 10.2. The van der Waals surface area contributed by atoms with Crippen molar-refractivity contribution in [1.29, 1.82) is 0 Å². The van der Waals surface area contributed by atoms with Crippen molar-refractivity contribution in [3.05, 3.63) is 0 Å². The molecule has 2 unspecified atom stereocenters. The second-order valence-corrected chi connectivity index (χ2v) is 4.58. The molecule has 7 nitrogen and oxygen atoms in total. The summed E-state index contributed by atoms with van der Waals surface area (Å²) in [5.74, 6) is -1.65. The highest BCUT2D eigenvalue weighted by Gasteiger charge is 2.39. The zero-order valence-electron chi connectivity index (χ0n) is 9.08. The Morgan fingerprint density at radius 3 is 2.82 bits per heavy atom. The maximum Gasteiger partial charge on any atom is 0.375 e. The smallest absolute Gasteiger partial charge is 0.375 e. The zero-order chi connectivity index (χ0) is 12.4. The van der Waals surface area contributed by atoms with Crippen molar-refractivity contribution >= 4 is 29.6 Å². The molecule has 2 heterocycles. The van der Waals surface area contributed by atoms with Gasteiger partial charge in [0, 0.05) is 12.8 Å². The van der Waals surface area contributed by atoms with Crippen LogP contribution in [-0.2, 0) is 28.8 Å². The van der Waals surface area contributed by atoms with Crippen molar-refractivity contribution < 1.29 is 28.8 Å². The van der Waals surface area contributed by atoms with E-state index in [-0.39, 0.29) is 24.7 Å². The summed E-state index contributed by atoms with van der Waals surface area (Å²) in [5.41, 5.74) is 0. The molecular formula is C9H11NO6S. The lowest BCUT2D eigenvalue weighted by Crippen LogP contribution is -2.34. The summed E-state index contributed by atoms with van der Waals surface area (Å²) in [7, 11) is 0. The molecule has 94 valence electrons. The van der Waals surface area contributed by atoms with Crippen molar-refractivity contribution in [2.45, 2.75) is 24.2 Å². The van der Waals surface area contributed by atoms with Gasteiger partial charge >= 0.3 is 11.9 Å². The molecule has 0 saturated carbocycles. The highest BCUT2D eigenvalue weighted by molar-refractivity contribution is 7.99. The number of nitrogens with zero attached hydrogens (tertiary/aromatic N) is 1. The number of thioether (sulfide) groups is 1. The maximum absolute atomic E-state index is 11.5. The van der Waals surface area contributed by atoms with E-state index in [0.29, 0.717) is 5.23 Å². The van der Waals surface area contributed by atoms with Crippen LogP contribution in [0.1, 0.15) is 12.8 Å². The first-order chi connectivity index (χ1) is 8.11. The monoisotopic (exact) mass is 261 g/mol. The van der Waals surface area contributed by atoms with E-state index in [4.69, 9.17) is 14.4 Å². The van der Waals surface area contributed by atoms with E-state index < -0.39 is 23.9 Å². The van der Waals surface area contributed by atoms with Gasteiger partial charge in [-0.25, -0.2) is 9.63 Å². The Balaban J connectivity index is 1.87. The van der Waals surface area contributed by atoms with Crippen LogP contribution in [0.5, 0.6) is 0 Å². The highest BCUT2D eigenvalue weighted by Crippen LogP contribution is 2.21. The fourth-order valence-electron chi connectivity index (χ4n) is 1.46. The molecule has 0 bridgehead atoms. The minimum Gasteiger partial charge on any atom is -0.450 e. The summed E-state index contributed by atoms with van der Waals surface area (Å²) in [6.45, 7) is 0.164. The van der Waals surface area contributed by atoms with Crippen LogP contribution in [0.2, 0.25) is 0 Å². The largest absolute Gasteiger partial charge is 0.450 e. The summed E-state index contributed by atoms with van der Waals surface area (Å²) in [6.07, 6.45) is 1.27. The van der Waals surface area contributed by atoms with Crippen LogP contribution < -0.4 is 0 Å². The average molecular weight is 261 g/mol. The van der Waals surface area contributed by atoms with Crippen LogP contribution in [0.4, 0.5) is 0 Å². The van der Waals surface area contributed by atoms with Crippen molar-refractivity contribution in [2.75, 3.05) is 12.9 Å². The molecule has 1 amide bonds. The average Bonchev–Trinajstić information content (AvgIpc) is 2.87. The molecule has 0 aromatic rings. The molecule has 0 aliphatic carbocycles. The zero-order valence-corrected chi connectivity index (χ0v) is 9.90. The summed E-state index contributed by atoms with van der Waals surface area (Å²) in [5, 5.41) is 0.198. The molecular weight excluding hydrogens is 250 g/mol. The minimum absolute atomic E-state index is 0.164. The second-order valence-electron chi connectivity index (χ2n) is 3.54. The van der Waals surface area contributed by atoms with Crippen LogP contribution in [-0.4, -0.2) is 47.3 Å². The number of hydrogen-bond acceptors (Lipinski definition) is 7. The summed E-state index contributed by atoms with van der Waals surface area (Å²) < 4.78 is 4.71.